The Kier molecular flexibility index (Phi) is 3.67. The highest BCUT2D eigenvalue weighted by Gasteiger charge is 2.20. The molecular weight excluding hydrogens is 315 g/mol. The molecule has 0 spiro atoms. The van der Waals surface area contributed by atoms with Crippen LogP contribution in [-0.2, 0) is 5.88 Å². The van der Waals surface area contributed by atoms with Gasteiger partial charge in [-0.05, 0) is 19.9 Å². The second kappa shape index (κ2) is 5.31. The molecule has 7 heteroatoms. The molecule has 0 saturated heterocycles. The first kappa shape index (κ1) is 13.8. The van der Waals surface area contributed by atoms with Crippen molar-refractivity contribution in [2.45, 2.75) is 25.8 Å². The van der Waals surface area contributed by atoms with E-state index in [2.05, 4.69) is 21.9 Å². The van der Waals surface area contributed by atoms with Gasteiger partial charge in [0, 0.05) is 17.3 Å². The van der Waals surface area contributed by atoms with Crippen LogP contribution in [0.1, 0.15) is 28.7 Å². The fourth-order valence-corrected chi connectivity index (χ4v) is 3.34. The molecule has 0 aliphatic rings. The number of pyridine rings is 1. The van der Waals surface area contributed by atoms with Gasteiger partial charge in [0.2, 0.25) is 0 Å². The number of aryl methyl sites for hydroxylation is 1. The Labute approximate surface area is 130 Å². The lowest BCUT2D eigenvalue weighted by molar-refractivity contribution is 0.625. The third-order valence-corrected chi connectivity index (χ3v) is 4.60. The van der Waals surface area contributed by atoms with Gasteiger partial charge in [-0.3, -0.25) is 0 Å². The summed E-state index contributed by atoms with van der Waals surface area (Å²) in [5.74, 6) is 1.10. The lowest BCUT2D eigenvalue weighted by Gasteiger charge is -2.13. The summed E-state index contributed by atoms with van der Waals surface area (Å²) in [6.45, 7) is 4.12. The number of nitrogens with zero attached hydrogens (tertiary/aromatic N) is 4. The van der Waals surface area contributed by atoms with Crippen molar-refractivity contribution in [3.63, 3.8) is 0 Å². The molecule has 1 atom stereocenters. The standard InChI is InChI=1S/C13H12Cl2N4S/c1-7-5-17-13(20-7)8(2)19-11(4-14)18-10-3-9(15)6-16-12(10)19/h3,5-6,8H,4H2,1-2H3. The van der Waals surface area contributed by atoms with Crippen LogP contribution in [0.4, 0.5) is 0 Å². The highest BCUT2D eigenvalue weighted by Crippen LogP contribution is 2.29. The van der Waals surface area contributed by atoms with E-state index < -0.39 is 0 Å². The monoisotopic (exact) mass is 326 g/mol. The number of imidazole rings is 1. The number of hydrogen-bond acceptors (Lipinski definition) is 4. The Morgan fingerprint density at radius 1 is 1.35 bits per heavy atom. The largest absolute Gasteiger partial charge is 0.302 e. The highest BCUT2D eigenvalue weighted by atomic mass is 35.5. The second-order valence-electron chi connectivity index (χ2n) is 4.51. The van der Waals surface area contributed by atoms with Crippen LogP contribution >= 0.6 is 34.5 Å². The normalized spacial score (nSPS) is 13.0. The van der Waals surface area contributed by atoms with E-state index in [0.717, 1.165) is 22.0 Å². The molecule has 3 aromatic rings. The van der Waals surface area contributed by atoms with Crippen molar-refractivity contribution in [2.24, 2.45) is 0 Å². The minimum Gasteiger partial charge on any atom is -0.302 e. The van der Waals surface area contributed by atoms with Gasteiger partial charge in [0.25, 0.3) is 0 Å². The maximum absolute atomic E-state index is 6.02. The number of aromatic nitrogens is 4. The molecule has 0 bridgehead atoms. The molecule has 104 valence electrons. The van der Waals surface area contributed by atoms with Crippen molar-refractivity contribution in [1.82, 2.24) is 19.5 Å². The van der Waals surface area contributed by atoms with Gasteiger partial charge in [-0.2, -0.15) is 0 Å². The topological polar surface area (TPSA) is 43.6 Å². The summed E-state index contributed by atoms with van der Waals surface area (Å²) >= 11 is 13.7. The minimum absolute atomic E-state index is 0.0427. The van der Waals surface area contributed by atoms with Crippen molar-refractivity contribution in [3.8, 4) is 0 Å². The van der Waals surface area contributed by atoms with Crippen LogP contribution in [0.5, 0.6) is 0 Å². The molecule has 1 unspecified atom stereocenters. The lowest BCUT2D eigenvalue weighted by Crippen LogP contribution is -2.10. The molecule has 0 amide bonds. The SMILES string of the molecule is Cc1cnc(C(C)n2c(CCl)nc3cc(Cl)cnc32)s1. The van der Waals surface area contributed by atoms with Crippen molar-refractivity contribution in [2.75, 3.05) is 0 Å². The Morgan fingerprint density at radius 3 is 2.80 bits per heavy atom. The van der Waals surface area contributed by atoms with E-state index in [-0.39, 0.29) is 6.04 Å². The Hall–Kier alpha value is -1.17. The predicted octanol–water partition coefficient (Wildman–Crippen LogP) is 4.20. The van der Waals surface area contributed by atoms with Gasteiger partial charge in [0.05, 0.1) is 16.9 Å². The zero-order chi connectivity index (χ0) is 14.3. The first-order chi connectivity index (χ1) is 9.60. The summed E-state index contributed by atoms with van der Waals surface area (Å²) in [6.07, 6.45) is 3.50. The smallest absolute Gasteiger partial charge is 0.160 e. The molecule has 0 fully saturated rings. The number of thiazole rings is 1. The molecule has 0 aliphatic heterocycles. The van der Waals surface area contributed by atoms with Crippen LogP contribution in [0.25, 0.3) is 11.2 Å². The Bertz CT molecular complexity index is 765. The van der Waals surface area contributed by atoms with Gasteiger partial charge in [-0.15, -0.1) is 22.9 Å². The first-order valence-electron chi connectivity index (χ1n) is 6.11. The molecule has 4 nitrogen and oxygen atoms in total. The fraction of sp³-hybridized carbons (Fsp3) is 0.308. The van der Waals surface area contributed by atoms with E-state index in [0.29, 0.717) is 10.9 Å². The summed E-state index contributed by atoms with van der Waals surface area (Å²) in [5, 5.41) is 1.59. The lowest BCUT2D eigenvalue weighted by atomic mass is 10.3. The quantitative estimate of drug-likeness (QED) is 0.677. The van der Waals surface area contributed by atoms with Crippen LogP contribution in [-0.4, -0.2) is 19.5 Å². The van der Waals surface area contributed by atoms with Crippen molar-refractivity contribution in [1.29, 1.82) is 0 Å². The third-order valence-electron chi connectivity index (χ3n) is 3.07. The van der Waals surface area contributed by atoms with E-state index in [1.807, 2.05) is 17.7 Å². The summed E-state index contributed by atoms with van der Waals surface area (Å²) in [4.78, 5) is 14.5. The third kappa shape index (κ3) is 2.30. The van der Waals surface area contributed by atoms with Gasteiger partial charge in [0.15, 0.2) is 5.65 Å². The summed E-state index contributed by atoms with van der Waals surface area (Å²) in [6, 6.07) is 1.84. The molecular formula is C13H12Cl2N4S. The van der Waals surface area contributed by atoms with E-state index in [1.165, 1.54) is 4.88 Å². The van der Waals surface area contributed by atoms with Crippen LogP contribution in [0.2, 0.25) is 5.02 Å². The average Bonchev–Trinajstić information content (AvgIpc) is 3.00. The predicted molar refractivity (Wildman–Crippen MR) is 82.8 cm³/mol. The zero-order valence-electron chi connectivity index (χ0n) is 11.0. The van der Waals surface area contributed by atoms with Crippen LogP contribution in [0, 0.1) is 6.92 Å². The molecule has 0 radical (unpaired) electrons. The zero-order valence-corrected chi connectivity index (χ0v) is 13.3. The number of rotatable bonds is 3. The van der Waals surface area contributed by atoms with Gasteiger partial charge in [0.1, 0.15) is 16.3 Å². The molecule has 3 aromatic heterocycles. The average molecular weight is 327 g/mol. The first-order valence-corrected chi connectivity index (χ1v) is 7.83. The number of halogens is 2. The summed E-state index contributed by atoms with van der Waals surface area (Å²) in [5.41, 5.74) is 1.54. The van der Waals surface area contributed by atoms with Gasteiger partial charge in [-0.25, -0.2) is 15.0 Å². The molecule has 3 rings (SSSR count). The molecule has 0 aliphatic carbocycles. The maximum Gasteiger partial charge on any atom is 0.160 e. The summed E-state index contributed by atoms with van der Waals surface area (Å²) in [7, 11) is 0. The van der Waals surface area contributed by atoms with E-state index in [4.69, 9.17) is 23.2 Å². The number of fused-ring (bicyclic) bond motifs is 1. The number of hydrogen-bond donors (Lipinski definition) is 0. The van der Waals surface area contributed by atoms with E-state index in [1.54, 1.807) is 23.6 Å². The Balaban J connectivity index is 2.18. The van der Waals surface area contributed by atoms with Crippen LogP contribution in [0.15, 0.2) is 18.5 Å². The van der Waals surface area contributed by atoms with Crippen molar-refractivity contribution in [3.05, 3.63) is 39.2 Å². The highest BCUT2D eigenvalue weighted by molar-refractivity contribution is 7.11. The van der Waals surface area contributed by atoms with Gasteiger partial charge in [-0.1, -0.05) is 11.6 Å². The van der Waals surface area contributed by atoms with Crippen molar-refractivity contribution < 1.29 is 0 Å². The van der Waals surface area contributed by atoms with Crippen LogP contribution in [0.3, 0.4) is 0 Å². The van der Waals surface area contributed by atoms with Crippen LogP contribution < -0.4 is 0 Å². The summed E-state index contributed by atoms with van der Waals surface area (Å²) < 4.78 is 2.02. The fourth-order valence-electron chi connectivity index (χ4n) is 2.18. The van der Waals surface area contributed by atoms with Gasteiger partial charge < -0.3 is 4.57 Å². The Morgan fingerprint density at radius 2 is 2.15 bits per heavy atom. The molecule has 0 saturated carbocycles. The second-order valence-corrected chi connectivity index (χ2v) is 6.48. The molecule has 0 N–H and O–H groups in total. The van der Waals surface area contributed by atoms with Crippen molar-refractivity contribution >= 4 is 45.7 Å². The minimum atomic E-state index is 0.0427. The van der Waals surface area contributed by atoms with E-state index >= 15 is 0 Å². The molecule has 20 heavy (non-hydrogen) atoms. The van der Waals surface area contributed by atoms with E-state index in [9.17, 15) is 0 Å². The number of alkyl halides is 1. The molecule has 0 aromatic carbocycles. The van der Waals surface area contributed by atoms with Gasteiger partial charge >= 0.3 is 0 Å². The maximum atomic E-state index is 6.02. The molecule has 3 heterocycles.